The van der Waals surface area contributed by atoms with E-state index in [0.29, 0.717) is 21.9 Å². The maximum Gasteiger partial charge on any atom is 0.417 e. The number of hydrogen-bond donors (Lipinski definition) is 1. The lowest BCUT2D eigenvalue weighted by molar-refractivity contribution is -0.137. The van der Waals surface area contributed by atoms with E-state index in [1.165, 1.54) is 6.92 Å². The molecule has 2 aromatic rings. The Morgan fingerprint density at radius 2 is 1.91 bits per heavy atom. The van der Waals surface area contributed by atoms with Crippen LogP contribution in [0.25, 0.3) is 0 Å². The number of carbonyl (C=O) groups is 1. The van der Waals surface area contributed by atoms with Gasteiger partial charge in [-0.3, -0.25) is 9.10 Å². The smallest absolute Gasteiger partial charge is 0.417 e. The molecule has 0 saturated carbocycles. The van der Waals surface area contributed by atoms with Crippen LogP contribution in [0.15, 0.2) is 42.5 Å². The molecule has 3 rings (SSSR count). The van der Waals surface area contributed by atoms with E-state index in [2.05, 4.69) is 5.32 Å². The molecule has 1 N–H and O–H groups in total. The SMILES string of the molecule is C[C@H](C(=O)NC[C@H]1COc2ccccc2O1)N(c1ccc(Cl)c(C(F)(F)F)c1)S(C)(=O)=O. The molecule has 32 heavy (non-hydrogen) atoms. The Morgan fingerprint density at radius 1 is 1.25 bits per heavy atom. The lowest BCUT2D eigenvalue weighted by Gasteiger charge is -2.30. The second kappa shape index (κ2) is 9.07. The number of para-hydroxylation sites is 2. The maximum absolute atomic E-state index is 13.2. The fraction of sp³-hybridized carbons (Fsp3) is 0.350. The van der Waals surface area contributed by atoms with E-state index in [1.54, 1.807) is 24.3 Å². The van der Waals surface area contributed by atoms with Gasteiger partial charge in [0.05, 0.1) is 29.1 Å². The van der Waals surface area contributed by atoms with Gasteiger partial charge in [-0.25, -0.2) is 8.42 Å². The van der Waals surface area contributed by atoms with Crippen LogP contribution in [0, 0.1) is 0 Å². The van der Waals surface area contributed by atoms with Crippen molar-refractivity contribution < 1.29 is 35.9 Å². The molecule has 1 aliphatic heterocycles. The highest BCUT2D eigenvalue weighted by Gasteiger charge is 2.36. The Bertz CT molecular complexity index is 1110. The molecule has 7 nitrogen and oxygen atoms in total. The van der Waals surface area contributed by atoms with Crippen LogP contribution in [0.2, 0.25) is 5.02 Å². The summed E-state index contributed by atoms with van der Waals surface area (Å²) < 4.78 is 76.3. The monoisotopic (exact) mass is 492 g/mol. The predicted octanol–water partition coefficient (Wildman–Crippen LogP) is 3.47. The van der Waals surface area contributed by atoms with Gasteiger partial charge in [0.1, 0.15) is 18.8 Å². The van der Waals surface area contributed by atoms with E-state index < -0.39 is 44.8 Å². The van der Waals surface area contributed by atoms with Gasteiger partial charge in [-0.15, -0.1) is 0 Å². The average Bonchev–Trinajstić information content (AvgIpc) is 2.71. The van der Waals surface area contributed by atoms with Gasteiger partial charge in [-0.2, -0.15) is 13.2 Å². The van der Waals surface area contributed by atoms with Gasteiger partial charge in [0, 0.05) is 0 Å². The van der Waals surface area contributed by atoms with Gasteiger partial charge in [0.25, 0.3) is 0 Å². The van der Waals surface area contributed by atoms with Crippen LogP contribution in [-0.2, 0) is 21.0 Å². The van der Waals surface area contributed by atoms with E-state index in [-0.39, 0.29) is 18.8 Å². The fourth-order valence-electron chi connectivity index (χ4n) is 3.20. The van der Waals surface area contributed by atoms with Crippen LogP contribution in [0.3, 0.4) is 0 Å². The molecule has 0 unspecified atom stereocenters. The molecule has 12 heteroatoms. The standard InChI is InChI=1S/C20H20ClF3N2O5S/c1-12(19(27)25-10-14-11-30-17-5-3-4-6-18(17)31-14)26(32(2,28)29)13-7-8-16(21)15(9-13)20(22,23)24/h3-9,12,14H,10-11H2,1-2H3,(H,25,27)/t12-,14+/m1/s1. The number of carbonyl (C=O) groups excluding carboxylic acids is 1. The van der Waals surface area contributed by atoms with Crippen molar-refractivity contribution in [2.45, 2.75) is 25.2 Å². The van der Waals surface area contributed by atoms with Crippen LogP contribution in [0.5, 0.6) is 11.5 Å². The molecule has 0 bridgehead atoms. The number of rotatable bonds is 6. The Balaban J connectivity index is 1.76. The summed E-state index contributed by atoms with van der Waals surface area (Å²) in [5, 5.41) is 1.98. The normalized spacial score (nSPS) is 16.9. The quantitative estimate of drug-likeness (QED) is 0.667. The summed E-state index contributed by atoms with van der Waals surface area (Å²) in [4.78, 5) is 12.7. The first-order valence-electron chi connectivity index (χ1n) is 9.40. The van der Waals surface area contributed by atoms with E-state index in [1.807, 2.05) is 0 Å². The minimum absolute atomic E-state index is 0.00350. The van der Waals surface area contributed by atoms with E-state index in [0.717, 1.165) is 18.4 Å². The van der Waals surface area contributed by atoms with Crippen molar-refractivity contribution in [3.63, 3.8) is 0 Å². The molecule has 0 radical (unpaired) electrons. The summed E-state index contributed by atoms with van der Waals surface area (Å²) in [6.45, 7) is 1.43. The molecule has 2 atom stereocenters. The number of fused-ring (bicyclic) bond motifs is 1. The number of amides is 1. The number of sulfonamides is 1. The highest BCUT2D eigenvalue weighted by atomic mass is 35.5. The zero-order chi connectivity index (χ0) is 23.7. The van der Waals surface area contributed by atoms with Gasteiger partial charge in [-0.05, 0) is 37.3 Å². The summed E-state index contributed by atoms with van der Waals surface area (Å²) in [5.74, 6) is 0.348. The summed E-state index contributed by atoms with van der Waals surface area (Å²) in [6.07, 6.45) is -4.52. The molecule has 1 amide bonds. The van der Waals surface area contributed by atoms with E-state index in [4.69, 9.17) is 21.1 Å². The molecule has 0 fully saturated rings. The zero-order valence-electron chi connectivity index (χ0n) is 17.0. The molecular weight excluding hydrogens is 473 g/mol. The minimum atomic E-state index is -4.80. The molecule has 174 valence electrons. The Labute approximate surface area is 188 Å². The van der Waals surface area contributed by atoms with E-state index >= 15 is 0 Å². The summed E-state index contributed by atoms with van der Waals surface area (Å²) in [7, 11) is -4.11. The minimum Gasteiger partial charge on any atom is -0.486 e. The lowest BCUT2D eigenvalue weighted by Crippen LogP contribution is -2.50. The molecule has 2 aromatic carbocycles. The maximum atomic E-state index is 13.2. The fourth-order valence-corrected chi connectivity index (χ4v) is 4.59. The first-order valence-corrected chi connectivity index (χ1v) is 11.6. The van der Waals surface area contributed by atoms with Crippen LogP contribution in [0.1, 0.15) is 12.5 Å². The highest BCUT2D eigenvalue weighted by Crippen LogP contribution is 2.38. The van der Waals surface area contributed by atoms with Crippen molar-refractivity contribution in [1.29, 1.82) is 0 Å². The topological polar surface area (TPSA) is 84.9 Å². The average molecular weight is 493 g/mol. The first-order chi connectivity index (χ1) is 14.9. The van der Waals surface area contributed by atoms with Crippen molar-refractivity contribution in [1.82, 2.24) is 5.32 Å². The van der Waals surface area contributed by atoms with Gasteiger partial charge in [0.2, 0.25) is 15.9 Å². The molecular formula is C20H20ClF3N2O5S. The highest BCUT2D eigenvalue weighted by molar-refractivity contribution is 7.92. The summed E-state index contributed by atoms with van der Waals surface area (Å²) in [5.41, 5.74) is -1.54. The third-order valence-electron chi connectivity index (χ3n) is 4.67. The number of ether oxygens (including phenoxy) is 2. The predicted molar refractivity (Wildman–Crippen MR) is 113 cm³/mol. The van der Waals surface area contributed by atoms with Crippen molar-refractivity contribution in [3.05, 3.63) is 53.1 Å². The van der Waals surface area contributed by atoms with Gasteiger partial charge in [0.15, 0.2) is 11.5 Å². The van der Waals surface area contributed by atoms with Crippen molar-refractivity contribution in [2.75, 3.05) is 23.7 Å². The number of hydrogen-bond acceptors (Lipinski definition) is 5. The number of nitrogens with zero attached hydrogens (tertiary/aromatic N) is 1. The third kappa shape index (κ3) is 5.39. The summed E-state index contributed by atoms with van der Waals surface area (Å²) in [6, 6.07) is 8.29. The zero-order valence-corrected chi connectivity index (χ0v) is 18.6. The summed E-state index contributed by atoms with van der Waals surface area (Å²) >= 11 is 5.62. The third-order valence-corrected chi connectivity index (χ3v) is 6.24. The molecule has 0 spiro atoms. The van der Waals surface area contributed by atoms with Gasteiger partial charge in [-0.1, -0.05) is 23.7 Å². The molecule has 1 aliphatic rings. The van der Waals surface area contributed by atoms with Crippen LogP contribution in [-0.4, -0.2) is 45.9 Å². The lowest BCUT2D eigenvalue weighted by atomic mass is 10.1. The first kappa shape index (κ1) is 24.0. The number of nitrogens with one attached hydrogen (secondary N) is 1. The van der Waals surface area contributed by atoms with E-state index in [9.17, 15) is 26.4 Å². The van der Waals surface area contributed by atoms with Crippen LogP contribution < -0.4 is 19.1 Å². The molecule has 1 heterocycles. The number of alkyl halides is 3. The molecule has 0 saturated heterocycles. The van der Waals surface area contributed by atoms with Crippen LogP contribution in [0.4, 0.5) is 18.9 Å². The number of benzene rings is 2. The Morgan fingerprint density at radius 3 is 2.53 bits per heavy atom. The van der Waals surface area contributed by atoms with Crippen molar-refractivity contribution >= 4 is 33.2 Å². The second-order valence-electron chi connectivity index (χ2n) is 7.14. The van der Waals surface area contributed by atoms with Crippen LogP contribution >= 0.6 is 11.6 Å². The Kier molecular flexibility index (Phi) is 6.80. The number of anilines is 1. The van der Waals surface area contributed by atoms with Gasteiger partial charge >= 0.3 is 6.18 Å². The Hall–Kier alpha value is -2.66. The number of halogens is 4. The largest absolute Gasteiger partial charge is 0.486 e. The van der Waals surface area contributed by atoms with Gasteiger partial charge < -0.3 is 14.8 Å². The van der Waals surface area contributed by atoms with Crippen molar-refractivity contribution in [2.24, 2.45) is 0 Å². The molecule has 0 aromatic heterocycles. The molecule has 0 aliphatic carbocycles. The second-order valence-corrected chi connectivity index (χ2v) is 9.41. The van der Waals surface area contributed by atoms with Crippen molar-refractivity contribution in [3.8, 4) is 11.5 Å².